The molecule has 0 aliphatic carbocycles. The van der Waals surface area contributed by atoms with E-state index < -0.39 is 0 Å². The number of carbonyl (C=O) groups excluding carboxylic acids is 1. The molecule has 0 heterocycles. The Hall–Kier alpha value is -0.530. The molecule has 96 valence electrons. The first kappa shape index (κ1) is 15.5. The Bertz CT molecular complexity index is 166. The van der Waals surface area contributed by atoms with Crippen molar-refractivity contribution in [3.8, 4) is 0 Å². The Morgan fingerprint density at radius 3 is 2.31 bits per heavy atom. The maximum absolute atomic E-state index is 11.3. The van der Waals surface area contributed by atoms with Crippen molar-refractivity contribution in [1.82, 2.24) is 0 Å². The molecule has 0 aliphatic rings. The van der Waals surface area contributed by atoms with E-state index >= 15 is 0 Å². The first-order chi connectivity index (χ1) is 7.70. The summed E-state index contributed by atoms with van der Waals surface area (Å²) in [6, 6.07) is 0. The van der Waals surface area contributed by atoms with Crippen LogP contribution in [0.3, 0.4) is 0 Å². The van der Waals surface area contributed by atoms with Crippen molar-refractivity contribution < 1.29 is 9.53 Å². The first-order valence-corrected chi connectivity index (χ1v) is 6.86. The van der Waals surface area contributed by atoms with Gasteiger partial charge in [-0.05, 0) is 12.3 Å². The summed E-state index contributed by atoms with van der Waals surface area (Å²) < 4.78 is 5.18. The van der Waals surface area contributed by atoms with Crippen molar-refractivity contribution in [2.45, 2.75) is 72.1 Å². The average Bonchev–Trinajstić information content (AvgIpc) is 2.30. The molecule has 0 aromatic heterocycles. The Balaban J connectivity index is 3.24. The number of hydrogen-bond acceptors (Lipinski definition) is 2. The maximum atomic E-state index is 11.3. The minimum atomic E-state index is -0.0178. The molecule has 0 spiro atoms. The van der Waals surface area contributed by atoms with E-state index in [4.69, 9.17) is 4.74 Å². The molecular formula is C14H28O2. The third-order valence-electron chi connectivity index (χ3n) is 2.96. The lowest BCUT2D eigenvalue weighted by Crippen LogP contribution is -2.11. The number of esters is 1. The van der Waals surface area contributed by atoms with Gasteiger partial charge in [0.05, 0.1) is 6.61 Å². The highest BCUT2D eigenvalue weighted by Gasteiger charge is 2.05. The number of hydrogen-bond donors (Lipinski definition) is 0. The van der Waals surface area contributed by atoms with Crippen molar-refractivity contribution >= 4 is 5.97 Å². The average molecular weight is 228 g/mol. The Kier molecular flexibility index (Phi) is 10.6. The fourth-order valence-electron chi connectivity index (χ4n) is 1.47. The zero-order valence-electron chi connectivity index (χ0n) is 11.3. The summed E-state index contributed by atoms with van der Waals surface area (Å²) in [7, 11) is 0. The molecule has 0 bridgehead atoms. The zero-order chi connectivity index (χ0) is 12.2. The van der Waals surface area contributed by atoms with E-state index in [2.05, 4.69) is 20.8 Å². The van der Waals surface area contributed by atoms with Crippen LogP contribution in [0.5, 0.6) is 0 Å². The van der Waals surface area contributed by atoms with Crippen molar-refractivity contribution in [1.29, 1.82) is 0 Å². The minimum Gasteiger partial charge on any atom is -0.465 e. The predicted octanol–water partition coefficient (Wildman–Crippen LogP) is 4.33. The highest BCUT2D eigenvalue weighted by atomic mass is 16.5. The molecule has 0 saturated heterocycles. The van der Waals surface area contributed by atoms with Crippen LogP contribution in [0, 0.1) is 5.92 Å². The summed E-state index contributed by atoms with van der Waals surface area (Å²) in [6.45, 7) is 7.03. The predicted molar refractivity (Wildman–Crippen MR) is 68.4 cm³/mol. The van der Waals surface area contributed by atoms with Gasteiger partial charge >= 0.3 is 5.97 Å². The van der Waals surface area contributed by atoms with Gasteiger partial charge in [-0.2, -0.15) is 0 Å². The van der Waals surface area contributed by atoms with E-state index in [-0.39, 0.29) is 5.97 Å². The molecule has 16 heavy (non-hydrogen) atoms. The van der Waals surface area contributed by atoms with Crippen LogP contribution in [0.2, 0.25) is 0 Å². The van der Waals surface area contributed by atoms with E-state index in [9.17, 15) is 4.79 Å². The lowest BCUT2D eigenvalue weighted by atomic mass is 10.1. The SMILES string of the molecule is CCCCCCCCC(=O)OC[C@H](C)CC. The molecule has 0 aromatic carbocycles. The summed E-state index contributed by atoms with van der Waals surface area (Å²) >= 11 is 0. The molecule has 0 aliphatic heterocycles. The molecule has 2 heteroatoms. The molecule has 0 saturated carbocycles. The number of carbonyl (C=O) groups is 1. The second-order valence-corrected chi connectivity index (χ2v) is 4.71. The van der Waals surface area contributed by atoms with Crippen LogP contribution in [0.25, 0.3) is 0 Å². The fraction of sp³-hybridized carbons (Fsp3) is 0.929. The number of rotatable bonds is 10. The van der Waals surface area contributed by atoms with Gasteiger partial charge in [-0.25, -0.2) is 0 Å². The van der Waals surface area contributed by atoms with Gasteiger partial charge in [0.2, 0.25) is 0 Å². The van der Waals surface area contributed by atoms with E-state index in [1.165, 1.54) is 32.1 Å². The number of unbranched alkanes of at least 4 members (excludes halogenated alkanes) is 5. The quantitative estimate of drug-likeness (QED) is 0.411. The third kappa shape index (κ3) is 10.0. The normalized spacial score (nSPS) is 12.4. The minimum absolute atomic E-state index is 0.0178. The van der Waals surface area contributed by atoms with Crippen molar-refractivity contribution in [2.24, 2.45) is 5.92 Å². The molecule has 2 nitrogen and oxygen atoms in total. The summed E-state index contributed by atoms with van der Waals surface area (Å²) in [4.78, 5) is 11.3. The van der Waals surface area contributed by atoms with E-state index in [1.54, 1.807) is 0 Å². The smallest absolute Gasteiger partial charge is 0.305 e. The lowest BCUT2D eigenvalue weighted by Gasteiger charge is -2.09. The van der Waals surface area contributed by atoms with E-state index in [1.807, 2.05) is 0 Å². The Labute approximate surface area is 101 Å². The van der Waals surface area contributed by atoms with Crippen molar-refractivity contribution in [3.05, 3.63) is 0 Å². The second kappa shape index (κ2) is 11.0. The maximum Gasteiger partial charge on any atom is 0.305 e. The standard InChI is InChI=1S/C14H28O2/c1-4-6-7-8-9-10-11-14(15)16-12-13(3)5-2/h13H,4-12H2,1-3H3/t13-/m1/s1. The van der Waals surface area contributed by atoms with Gasteiger partial charge < -0.3 is 4.74 Å². The summed E-state index contributed by atoms with van der Waals surface area (Å²) in [5.74, 6) is 0.476. The lowest BCUT2D eigenvalue weighted by molar-refractivity contribution is -0.145. The number of ether oxygens (including phenoxy) is 1. The molecule has 0 amide bonds. The van der Waals surface area contributed by atoms with Gasteiger partial charge in [0.1, 0.15) is 0 Å². The summed E-state index contributed by atoms with van der Waals surface area (Å²) in [5.41, 5.74) is 0. The fourth-order valence-corrected chi connectivity index (χ4v) is 1.47. The molecular weight excluding hydrogens is 200 g/mol. The van der Waals surface area contributed by atoms with Crippen LogP contribution in [0.1, 0.15) is 72.1 Å². The molecule has 0 fully saturated rings. The zero-order valence-corrected chi connectivity index (χ0v) is 11.3. The van der Waals surface area contributed by atoms with Gasteiger partial charge in [-0.1, -0.05) is 59.3 Å². The first-order valence-electron chi connectivity index (χ1n) is 6.86. The third-order valence-corrected chi connectivity index (χ3v) is 2.96. The molecule has 1 atom stereocenters. The van der Waals surface area contributed by atoms with Crippen LogP contribution >= 0.6 is 0 Å². The largest absolute Gasteiger partial charge is 0.465 e. The van der Waals surface area contributed by atoms with Gasteiger partial charge in [-0.15, -0.1) is 0 Å². The van der Waals surface area contributed by atoms with Crippen LogP contribution in [0.4, 0.5) is 0 Å². The Morgan fingerprint density at radius 1 is 1.06 bits per heavy atom. The van der Waals surface area contributed by atoms with Crippen LogP contribution < -0.4 is 0 Å². The molecule has 0 rings (SSSR count). The second-order valence-electron chi connectivity index (χ2n) is 4.71. The summed E-state index contributed by atoms with van der Waals surface area (Å²) in [6.07, 6.45) is 8.98. The topological polar surface area (TPSA) is 26.3 Å². The summed E-state index contributed by atoms with van der Waals surface area (Å²) in [5, 5.41) is 0. The Morgan fingerprint density at radius 2 is 1.69 bits per heavy atom. The monoisotopic (exact) mass is 228 g/mol. The highest BCUT2D eigenvalue weighted by Crippen LogP contribution is 2.08. The highest BCUT2D eigenvalue weighted by molar-refractivity contribution is 5.69. The van der Waals surface area contributed by atoms with Crippen molar-refractivity contribution in [3.63, 3.8) is 0 Å². The van der Waals surface area contributed by atoms with E-state index in [0.717, 1.165) is 12.8 Å². The van der Waals surface area contributed by atoms with Crippen LogP contribution in [-0.4, -0.2) is 12.6 Å². The molecule has 0 N–H and O–H groups in total. The van der Waals surface area contributed by atoms with Gasteiger partial charge in [0, 0.05) is 6.42 Å². The van der Waals surface area contributed by atoms with Gasteiger partial charge in [0.15, 0.2) is 0 Å². The van der Waals surface area contributed by atoms with E-state index in [0.29, 0.717) is 18.9 Å². The van der Waals surface area contributed by atoms with Crippen LogP contribution in [0.15, 0.2) is 0 Å². The van der Waals surface area contributed by atoms with Crippen molar-refractivity contribution in [2.75, 3.05) is 6.61 Å². The molecule has 0 unspecified atom stereocenters. The molecule has 0 aromatic rings. The van der Waals surface area contributed by atoms with Gasteiger partial charge in [-0.3, -0.25) is 4.79 Å². The van der Waals surface area contributed by atoms with Crippen LogP contribution in [-0.2, 0) is 9.53 Å². The van der Waals surface area contributed by atoms with Gasteiger partial charge in [0.25, 0.3) is 0 Å². The molecule has 0 radical (unpaired) electrons.